The summed E-state index contributed by atoms with van der Waals surface area (Å²) in [6.45, 7) is -0.119. The summed E-state index contributed by atoms with van der Waals surface area (Å²) in [6, 6.07) is 4.05. The second-order valence-electron chi connectivity index (χ2n) is 3.13. The summed E-state index contributed by atoms with van der Waals surface area (Å²) in [4.78, 5) is 0. The fourth-order valence-corrected chi connectivity index (χ4v) is 1.41. The fraction of sp³-hybridized carbons (Fsp3) is 0.222. The number of hydrogen-bond donors (Lipinski definition) is 3. The normalized spacial score (nSPS) is 12.3. The molecule has 18 heavy (non-hydrogen) atoms. The van der Waals surface area contributed by atoms with Gasteiger partial charge < -0.3 is 21.0 Å². The molecule has 0 saturated carbocycles. The topological polar surface area (TPSA) is 79.9 Å². The molecular formula is C9H9BrF3N3O2. The molecule has 9 heteroatoms. The van der Waals surface area contributed by atoms with E-state index in [-0.39, 0.29) is 18.1 Å². The Hall–Kier alpha value is -1.64. The third-order valence-electron chi connectivity index (χ3n) is 1.76. The van der Waals surface area contributed by atoms with Gasteiger partial charge in [-0.1, -0.05) is 21.1 Å². The van der Waals surface area contributed by atoms with Gasteiger partial charge in [0, 0.05) is 4.47 Å². The van der Waals surface area contributed by atoms with E-state index in [0.717, 1.165) is 6.07 Å². The van der Waals surface area contributed by atoms with Crippen LogP contribution in [0.25, 0.3) is 0 Å². The van der Waals surface area contributed by atoms with Crippen molar-refractivity contribution in [3.63, 3.8) is 0 Å². The quantitative estimate of drug-likeness (QED) is 0.343. The van der Waals surface area contributed by atoms with Crippen LogP contribution in [0.3, 0.4) is 0 Å². The molecule has 0 bridgehead atoms. The Morgan fingerprint density at radius 2 is 2.17 bits per heavy atom. The van der Waals surface area contributed by atoms with Crippen molar-refractivity contribution in [1.29, 1.82) is 0 Å². The number of amidine groups is 1. The van der Waals surface area contributed by atoms with Gasteiger partial charge in [-0.25, -0.2) is 0 Å². The van der Waals surface area contributed by atoms with Crippen LogP contribution in [-0.2, 0) is 0 Å². The molecule has 0 aromatic heterocycles. The first-order valence-electron chi connectivity index (χ1n) is 4.57. The van der Waals surface area contributed by atoms with Crippen LogP contribution >= 0.6 is 15.9 Å². The fourth-order valence-electron chi connectivity index (χ4n) is 1.07. The molecule has 0 fully saturated rings. The average molecular weight is 328 g/mol. The maximum absolute atomic E-state index is 12.2. The van der Waals surface area contributed by atoms with Crippen LogP contribution in [0.2, 0.25) is 0 Å². The summed E-state index contributed by atoms with van der Waals surface area (Å²) in [6.07, 6.45) is -4.80. The molecule has 0 radical (unpaired) electrons. The van der Waals surface area contributed by atoms with Gasteiger partial charge in [0.25, 0.3) is 0 Å². The Kier molecular flexibility index (Phi) is 4.65. The first-order chi connectivity index (χ1) is 8.31. The molecule has 0 saturated heterocycles. The predicted molar refractivity (Wildman–Crippen MR) is 62.7 cm³/mol. The zero-order chi connectivity index (χ0) is 13.8. The van der Waals surface area contributed by atoms with Crippen LogP contribution in [0.5, 0.6) is 5.75 Å². The van der Waals surface area contributed by atoms with Gasteiger partial charge >= 0.3 is 6.36 Å². The van der Waals surface area contributed by atoms with Gasteiger partial charge in [-0.05, 0) is 18.2 Å². The SMILES string of the molecule is N/C(CNc1ccc(Br)cc1OC(F)(F)F)=N/O. The first-order valence-corrected chi connectivity index (χ1v) is 5.36. The number of hydrogen-bond acceptors (Lipinski definition) is 4. The van der Waals surface area contributed by atoms with E-state index in [1.807, 2.05) is 0 Å². The molecule has 100 valence electrons. The van der Waals surface area contributed by atoms with Crippen molar-refractivity contribution in [3.8, 4) is 5.75 Å². The van der Waals surface area contributed by atoms with E-state index >= 15 is 0 Å². The second kappa shape index (κ2) is 5.80. The van der Waals surface area contributed by atoms with Crippen molar-refractivity contribution < 1.29 is 23.1 Å². The van der Waals surface area contributed by atoms with Crippen LogP contribution < -0.4 is 15.8 Å². The number of benzene rings is 1. The Bertz CT molecular complexity index is 451. The molecule has 4 N–H and O–H groups in total. The highest BCUT2D eigenvalue weighted by molar-refractivity contribution is 9.10. The minimum atomic E-state index is -4.80. The van der Waals surface area contributed by atoms with E-state index in [9.17, 15) is 13.2 Å². The van der Waals surface area contributed by atoms with Crippen LogP contribution in [0.4, 0.5) is 18.9 Å². The van der Waals surface area contributed by atoms with Gasteiger partial charge in [-0.3, -0.25) is 0 Å². The summed E-state index contributed by atoms with van der Waals surface area (Å²) in [5.74, 6) is -0.585. The lowest BCUT2D eigenvalue weighted by Gasteiger charge is -2.14. The Morgan fingerprint density at radius 1 is 1.50 bits per heavy atom. The van der Waals surface area contributed by atoms with E-state index in [2.05, 4.69) is 31.1 Å². The van der Waals surface area contributed by atoms with E-state index in [1.165, 1.54) is 12.1 Å². The highest BCUT2D eigenvalue weighted by Crippen LogP contribution is 2.32. The van der Waals surface area contributed by atoms with E-state index in [4.69, 9.17) is 10.9 Å². The summed E-state index contributed by atoms with van der Waals surface area (Å²) in [7, 11) is 0. The van der Waals surface area contributed by atoms with E-state index in [0.29, 0.717) is 4.47 Å². The van der Waals surface area contributed by atoms with Crippen molar-refractivity contribution in [2.75, 3.05) is 11.9 Å². The van der Waals surface area contributed by atoms with Crippen LogP contribution in [0, 0.1) is 0 Å². The predicted octanol–water partition coefficient (Wildman–Crippen LogP) is 2.51. The number of nitrogens with two attached hydrogens (primary N) is 1. The number of nitrogens with one attached hydrogen (secondary N) is 1. The highest BCUT2D eigenvalue weighted by atomic mass is 79.9. The zero-order valence-corrected chi connectivity index (χ0v) is 10.4. The maximum atomic E-state index is 12.2. The highest BCUT2D eigenvalue weighted by Gasteiger charge is 2.32. The van der Waals surface area contributed by atoms with Crippen LogP contribution in [0.1, 0.15) is 0 Å². The standard InChI is InChI=1S/C9H9BrF3N3O2/c10-5-1-2-6(15-4-8(14)16-17)7(3-5)18-9(11,12)13/h1-3,15,17H,4H2,(H2,14,16). The molecule has 1 rings (SSSR count). The van der Waals surface area contributed by atoms with Gasteiger partial charge in [0.1, 0.15) is 0 Å². The zero-order valence-electron chi connectivity index (χ0n) is 8.83. The van der Waals surface area contributed by atoms with E-state index in [1.54, 1.807) is 0 Å². The van der Waals surface area contributed by atoms with Crippen molar-refractivity contribution in [1.82, 2.24) is 0 Å². The summed E-state index contributed by atoms with van der Waals surface area (Å²) >= 11 is 3.03. The number of ether oxygens (including phenoxy) is 1. The average Bonchev–Trinajstić information content (AvgIpc) is 2.25. The molecule has 0 heterocycles. The number of alkyl halides is 3. The number of nitrogens with zero attached hydrogens (tertiary/aromatic N) is 1. The molecule has 1 aromatic carbocycles. The smallest absolute Gasteiger partial charge is 0.409 e. The van der Waals surface area contributed by atoms with Gasteiger partial charge in [-0.15, -0.1) is 13.2 Å². The van der Waals surface area contributed by atoms with Crippen molar-refractivity contribution in [3.05, 3.63) is 22.7 Å². The molecule has 0 atom stereocenters. The summed E-state index contributed by atoms with van der Waals surface area (Å²) in [5.41, 5.74) is 5.26. The number of rotatable bonds is 4. The lowest BCUT2D eigenvalue weighted by molar-refractivity contribution is -0.274. The van der Waals surface area contributed by atoms with Crippen LogP contribution in [0.15, 0.2) is 27.8 Å². The minimum Gasteiger partial charge on any atom is -0.409 e. The molecule has 0 unspecified atom stereocenters. The Balaban J connectivity index is 2.89. The van der Waals surface area contributed by atoms with Gasteiger partial charge in [-0.2, -0.15) is 0 Å². The second-order valence-corrected chi connectivity index (χ2v) is 4.05. The molecule has 5 nitrogen and oxygen atoms in total. The van der Waals surface area contributed by atoms with Gasteiger partial charge in [0.05, 0.1) is 12.2 Å². The van der Waals surface area contributed by atoms with Gasteiger partial charge in [0.2, 0.25) is 0 Å². The number of anilines is 1. The first kappa shape index (κ1) is 14.4. The number of oxime groups is 1. The third-order valence-corrected chi connectivity index (χ3v) is 2.25. The van der Waals surface area contributed by atoms with Crippen molar-refractivity contribution >= 4 is 27.5 Å². The molecule has 0 spiro atoms. The Labute approximate surface area is 109 Å². The van der Waals surface area contributed by atoms with Crippen LogP contribution in [-0.4, -0.2) is 23.9 Å². The molecule has 1 aromatic rings. The molecule has 0 aliphatic carbocycles. The summed E-state index contributed by atoms with van der Waals surface area (Å²) < 4.78 is 40.8. The molecule has 0 amide bonds. The van der Waals surface area contributed by atoms with Crippen molar-refractivity contribution in [2.24, 2.45) is 10.9 Å². The largest absolute Gasteiger partial charge is 0.573 e. The molecule has 0 aliphatic rings. The molecular weight excluding hydrogens is 319 g/mol. The van der Waals surface area contributed by atoms with Gasteiger partial charge in [0.15, 0.2) is 11.6 Å². The summed E-state index contributed by atoms with van der Waals surface area (Å²) in [5, 5.41) is 13.6. The number of halogens is 4. The van der Waals surface area contributed by atoms with Crippen molar-refractivity contribution in [2.45, 2.75) is 6.36 Å². The lowest BCUT2D eigenvalue weighted by Crippen LogP contribution is -2.23. The maximum Gasteiger partial charge on any atom is 0.573 e. The van der Waals surface area contributed by atoms with E-state index < -0.39 is 12.1 Å². The molecule has 0 aliphatic heterocycles. The minimum absolute atomic E-state index is 0.0714. The third kappa shape index (κ3) is 4.70. The Morgan fingerprint density at radius 3 is 2.72 bits per heavy atom. The monoisotopic (exact) mass is 327 g/mol. The lowest BCUT2D eigenvalue weighted by atomic mass is 10.3.